The first-order valence-corrected chi connectivity index (χ1v) is 5.93. The number of hydrogen-bond acceptors (Lipinski definition) is 4. The molecular formula is C9H11ClN2OS. The average Bonchev–Trinajstić information content (AvgIpc) is 2.67. The fraction of sp³-hybridized carbons (Fsp3) is 0.556. The van der Waals surface area contributed by atoms with Crippen LogP contribution in [0, 0.1) is 0 Å². The molecule has 0 radical (unpaired) electrons. The van der Waals surface area contributed by atoms with Gasteiger partial charge in [-0.1, -0.05) is 11.6 Å². The van der Waals surface area contributed by atoms with Crippen LogP contribution in [0.3, 0.4) is 0 Å². The molecule has 1 aromatic heterocycles. The molecule has 0 saturated carbocycles. The lowest BCUT2D eigenvalue weighted by Crippen LogP contribution is -2.07. The Morgan fingerprint density at radius 1 is 1.57 bits per heavy atom. The van der Waals surface area contributed by atoms with E-state index in [9.17, 15) is 0 Å². The van der Waals surface area contributed by atoms with Gasteiger partial charge in [-0.2, -0.15) is 0 Å². The first kappa shape index (κ1) is 10.2. The van der Waals surface area contributed by atoms with Crippen molar-refractivity contribution in [2.24, 2.45) is 0 Å². The number of nitrogens with zero attached hydrogens (tertiary/aromatic N) is 2. The second-order valence-corrected chi connectivity index (χ2v) is 4.55. The van der Waals surface area contributed by atoms with Gasteiger partial charge in [0.1, 0.15) is 10.2 Å². The normalized spacial score (nSPS) is 21.4. The molecule has 76 valence electrons. The van der Waals surface area contributed by atoms with Crippen molar-refractivity contribution >= 4 is 23.4 Å². The molecule has 0 aromatic carbocycles. The Morgan fingerprint density at radius 3 is 3.21 bits per heavy atom. The lowest BCUT2D eigenvalue weighted by Gasteiger charge is -2.07. The molecule has 1 aromatic rings. The van der Waals surface area contributed by atoms with Crippen molar-refractivity contribution in [2.75, 3.05) is 12.4 Å². The molecule has 0 aliphatic carbocycles. The summed E-state index contributed by atoms with van der Waals surface area (Å²) in [5, 5.41) is 1.32. The van der Waals surface area contributed by atoms with E-state index in [0.29, 0.717) is 11.3 Å². The van der Waals surface area contributed by atoms with Crippen LogP contribution in [-0.2, 0) is 4.74 Å². The second kappa shape index (κ2) is 4.96. The lowest BCUT2D eigenvalue weighted by molar-refractivity contribution is 0.129. The number of hydrogen-bond donors (Lipinski definition) is 0. The van der Waals surface area contributed by atoms with Crippen molar-refractivity contribution in [3.05, 3.63) is 17.5 Å². The average molecular weight is 231 g/mol. The van der Waals surface area contributed by atoms with E-state index in [0.717, 1.165) is 23.8 Å². The molecule has 0 bridgehead atoms. The Labute approximate surface area is 92.2 Å². The molecule has 1 aliphatic heterocycles. The van der Waals surface area contributed by atoms with Crippen LogP contribution in [0.5, 0.6) is 0 Å². The van der Waals surface area contributed by atoms with E-state index < -0.39 is 0 Å². The summed E-state index contributed by atoms with van der Waals surface area (Å²) in [5.74, 6) is 0.940. The summed E-state index contributed by atoms with van der Waals surface area (Å²) in [6, 6.07) is 0. The van der Waals surface area contributed by atoms with E-state index >= 15 is 0 Å². The molecule has 0 spiro atoms. The van der Waals surface area contributed by atoms with Gasteiger partial charge in [0.25, 0.3) is 0 Å². The van der Waals surface area contributed by atoms with Crippen molar-refractivity contribution in [3.8, 4) is 0 Å². The van der Waals surface area contributed by atoms with Gasteiger partial charge < -0.3 is 4.74 Å². The van der Waals surface area contributed by atoms with E-state index in [1.54, 1.807) is 18.0 Å². The number of ether oxygens (including phenoxy) is 1. The lowest BCUT2D eigenvalue weighted by atomic mass is 10.3. The van der Waals surface area contributed by atoms with Gasteiger partial charge in [-0.05, 0) is 12.8 Å². The molecule has 1 unspecified atom stereocenters. The van der Waals surface area contributed by atoms with Crippen molar-refractivity contribution < 1.29 is 4.74 Å². The fourth-order valence-electron chi connectivity index (χ4n) is 1.35. The van der Waals surface area contributed by atoms with Gasteiger partial charge in [-0.15, -0.1) is 11.8 Å². The van der Waals surface area contributed by atoms with Crippen LogP contribution in [0.15, 0.2) is 17.4 Å². The smallest absolute Gasteiger partial charge is 0.148 e. The zero-order valence-corrected chi connectivity index (χ0v) is 9.22. The third-order valence-electron chi connectivity index (χ3n) is 2.02. The van der Waals surface area contributed by atoms with E-state index in [-0.39, 0.29) is 0 Å². The van der Waals surface area contributed by atoms with Crippen LogP contribution >= 0.6 is 23.4 Å². The first-order valence-electron chi connectivity index (χ1n) is 4.56. The molecule has 14 heavy (non-hydrogen) atoms. The Bertz CT molecular complexity index is 305. The predicted octanol–water partition coefficient (Wildman–Crippen LogP) is 2.40. The van der Waals surface area contributed by atoms with Crippen molar-refractivity contribution in [1.29, 1.82) is 0 Å². The highest BCUT2D eigenvalue weighted by molar-refractivity contribution is 7.99. The van der Waals surface area contributed by atoms with Crippen molar-refractivity contribution in [1.82, 2.24) is 9.97 Å². The van der Waals surface area contributed by atoms with Crippen LogP contribution < -0.4 is 0 Å². The van der Waals surface area contributed by atoms with Gasteiger partial charge in [-0.25, -0.2) is 4.98 Å². The van der Waals surface area contributed by atoms with Crippen molar-refractivity contribution in [3.63, 3.8) is 0 Å². The largest absolute Gasteiger partial charge is 0.377 e. The molecular weight excluding hydrogens is 220 g/mol. The van der Waals surface area contributed by atoms with E-state index in [4.69, 9.17) is 16.3 Å². The minimum atomic E-state index is 0.376. The maximum absolute atomic E-state index is 5.72. The van der Waals surface area contributed by atoms with Gasteiger partial charge in [0.05, 0.1) is 18.5 Å². The van der Waals surface area contributed by atoms with E-state index in [1.807, 2.05) is 0 Å². The van der Waals surface area contributed by atoms with Gasteiger partial charge in [0, 0.05) is 12.4 Å². The highest BCUT2D eigenvalue weighted by Gasteiger charge is 2.15. The van der Waals surface area contributed by atoms with E-state index in [1.165, 1.54) is 12.6 Å². The van der Waals surface area contributed by atoms with Crippen LogP contribution in [-0.4, -0.2) is 28.4 Å². The zero-order chi connectivity index (χ0) is 9.80. The summed E-state index contributed by atoms with van der Waals surface area (Å²) in [6.07, 6.45) is 5.97. The summed E-state index contributed by atoms with van der Waals surface area (Å²) >= 11 is 7.37. The summed E-state index contributed by atoms with van der Waals surface area (Å²) < 4.78 is 5.50. The van der Waals surface area contributed by atoms with Gasteiger partial charge in [0.2, 0.25) is 0 Å². The van der Waals surface area contributed by atoms with E-state index in [2.05, 4.69) is 9.97 Å². The Morgan fingerprint density at radius 2 is 2.50 bits per heavy atom. The minimum Gasteiger partial charge on any atom is -0.377 e. The minimum absolute atomic E-state index is 0.376. The third-order valence-corrected chi connectivity index (χ3v) is 3.24. The molecule has 1 saturated heterocycles. The van der Waals surface area contributed by atoms with Gasteiger partial charge in [-0.3, -0.25) is 4.98 Å². The SMILES string of the molecule is Clc1cncc(SCC2CCCO2)n1. The molecule has 2 heterocycles. The highest BCUT2D eigenvalue weighted by atomic mass is 35.5. The highest BCUT2D eigenvalue weighted by Crippen LogP contribution is 2.22. The fourth-order valence-corrected chi connectivity index (χ4v) is 2.46. The summed E-state index contributed by atoms with van der Waals surface area (Å²) in [6.45, 7) is 0.895. The van der Waals surface area contributed by atoms with Gasteiger partial charge >= 0.3 is 0 Å². The molecule has 3 nitrogen and oxygen atoms in total. The van der Waals surface area contributed by atoms with Crippen LogP contribution in [0.25, 0.3) is 0 Å². The topological polar surface area (TPSA) is 35.0 Å². The molecule has 1 fully saturated rings. The standard InChI is InChI=1S/C9H11ClN2OS/c10-8-4-11-5-9(12-8)14-6-7-2-1-3-13-7/h4-5,7H,1-3,6H2. The molecule has 1 atom stereocenters. The molecule has 5 heteroatoms. The molecule has 0 amide bonds. The number of rotatable bonds is 3. The van der Waals surface area contributed by atoms with Crippen molar-refractivity contribution in [2.45, 2.75) is 24.0 Å². The Balaban J connectivity index is 1.85. The molecule has 1 aliphatic rings. The quantitative estimate of drug-likeness (QED) is 0.747. The maximum Gasteiger partial charge on any atom is 0.148 e. The maximum atomic E-state index is 5.72. The number of halogens is 1. The monoisotopic (exact) mass is 230 g/mol. The second-order valence-electron chi connectivity index (χ2n) is 3.13. The number of thioether (sulfide) groups is 1. The Hall–Kier alpha value is -0.320. The van der Waals surface area contributed by atoms with Gasteiger partial charge in [0.15, 0.2) is 0 Å². The molecule has 2 rings (SSSR count). The van der Waals surface area contributed by atoms with Crippen LogP contribution in [0.4, 0.5) is 0 Å². The Kier molecular flexibility index (Phi) is 3.61. The third kappa shape index (κ3) is 2.83. The van der Waals surface area contributed by atoms with Crippen LogP contribution in [0.1, 0.15) is 12.8 Å². The summed E-state index contributed by atoms with van der Waals surface area (Å²) in [5.41, 5.74) is 0. The number of aromatic nitrogens is 2. The predicted molar refractivity (Wildman–Crippen MR) is 56.7 cm³/mol. The zero-order valence-electron chi connectivity index (χ0n) is 7.65. The first-order chi connectivity index (χ1) is 6.84. The van der Waals surface area contributed by atoms with Crippen LogP contribution in [0.2, 0.25) is 5.15 Å². The molecule has 0 N–H and O–H groups in total. The summed E-state index contributed by atoms with van der Waals surface area (Å²) in [7, 11) is 0. The summed E-state index contributed by atoms with van der Waals surface area (Å²) in [4.78, 5) is 8.12.